The predicted molar refractivity (Wildman–Crippen MR) is 70.0 cm³/mol. The highest BCUT2D eigenvalue weighted by atomic mass is 16.4. The van der Waals surface area contributed by atoms with Gasteiger partial charge in [-0.3, -0.25) is 4.79 Å². The number of tetrazole rings is 1. The molecule has 0 bridgehead atoms. The molecular weight excluding hydrogens is 258 g/mol. The lowest BCUT2D eigenvalue weighted by Crippen LogP contribution is -2.41. The zero-order valence-electron chi connectivity index (χ0n) is 10.8. The number of nitrogens with one attached hydrogen (secondary N) is 2. The average Bonchev–Trinajstić information content (AvgIpc) is 2.97. The molecular formula is C13H15N5O2. The summed E-state index contributed by atoms with van der Waals surface area (Å²) < 4.78 is 0. The van der Waals surface area contributed by atoms with Crippen LogP contribution in [0.5, 0.6) is 0 Å². The number of aliphatic carboxylic acids is 1. The van der Waals surface area contributed by atoms with Gasteiger partial charge in [-0.05, 0) is 29.5 Å². The number of aromatic nitrogens is 4. The van der Waals surface area contributed by atoms with Gasteiger partial charge in [0.2, 0.25) is 0 Å². The number of hydrogen-bond donors (Lipinski definition) is 3. The Labute approximate surface area is 115 Å². The molecule has 0 aliphatic carbocycles. The van der Waals surface area contributed by atoms with Gasteiger partial charge in [-0.1, -0.05) is 23.4 Å². The van der Waals surface area contributed by atoms with Gasteiger partial charge >= 0.3 is 5.97 Å². The Hall–Kier alpha value is -2.28. The normalized spacial score (nSPS) is 17.7. The van der Waals surface area contributed by atoms with Gasteiger partial charge in [-0.15, -0.1) is 10.2 Å². The van der Waals surface area contributed by atoms with Crippen LogP contribution < -0.4 is 5.32 Å². The van der Waals surface area contributed by atoms with Gasteiger partial charge in [0.1, 0.15) is 6.04 Å². The summed E-state index contributed by atoms with van der Waals surface area (Å²) in [6, 6.07) is 5.73. The minimum Gasteiger partial charge on any atom is -0.480 e. The van der Waals surface area contributed by atoms with Crippen LogP contribution in [-0.2, 0) is 30.6 Å². The smallest absolute Gasteiger partial charge is 0.321 e. The third-order valence-corrected chi connectivity index (χ3v) is 3.56. The van der Waals surface area contributed by atoms with E-state index in [4.69, 9.17) is 5.11 Å². The van der Waals surface area contributed by atoms with Crippen molar-refractivity contribution in [3.63, 3.8) is 0 Å². The third kappa shape index (κ3) is 2.67. The van der Waals surface area contributed by atoms with E-state index in [2.05, 4.69) is 44.1 Å². The molecule has 3 rings (SSSR count). The molecule has 0 amide bonds. The summed E-state index contributed by atoms with van der Waals surface area (Å²) in [6.07, 6.45) is 2.06. The van der Waals surface area contributed by atoms with E-state index in [0.717, 1.165) is 18.4 Å². The number of rotatable bonds is 4. The summed E-state index contributed by atoms with van der Waals surface area (Å²) in [7, 11) is 0. The van der Waals surface area contributed by atoms with Crippen molar-refractivity contribution in [2.24, 2.45) is 0 Å². The summed E-state index contributed by atoms with van der Waals surface area (Å²) in [5.74, 6) is -0.111. The molecule has 1 aromatic heterocycles. The first-order valence-electron chi connectivity index (χ1n) is 6.51. The second kappa shape index (κ2) is 5.38. The monoisotopic (exact) mass is 273 g/mol. The van der Waals surface area contributed by atoms with Crippen LogP contribution in [0.1, 0.15) is 22.5 Å². The highest BCUT2D eigenvalue weighted by molar-refractivity contribution is 5.74. The van der Waals surface area contributed by atoms with Crippen molar-refractivity contribution in [3.8, 4) is 0 Å². The number of hydrogen-bond acceptors (Lipinski definition) is 5. The van der Waals surface area contributed by atoms with E-state index >= 15 is 0 Å². The van der Waals surface area contributed by atoms with Crippen molar-refractivity contribution in [2.75, 3.05) is 0 Å². The molecule has 0 radical (unpaired) electrons. The Morgan fingerprint density at radius 1 is 1.35 bits per heavy atom. The van der Waals surface area contributed by atoms with Crippen LogP contribution in [0.4, 0.5) is 0 Å². The largest absolute Gasteiger partial charge is 0.480 e. The number of benzene rings is 1. The first-order valence-corrected chi connectivity index (χ1v) is 6.51. The molecule has 1 atom stereocenters. The van der Waals surface area contributed by atoms with Crippen molar-refractivity contribution >= 4 is 5.97 Å². The van der Waals surface area contributed by atoms with E-state index < -0.39 is 12.0 Å². The number of carboxylic acid groups (broad SMARTS) is 1. The summed E-state index contributed by atoms with van der Waals surface area (Å²) in [5.41, 5.74) is 3.45. The predicted octanol–water partition coefficient (Wildman–Crippen LogP) is 0.0838. The fourth-order valence-corrected chi connectivity index (χ4v) is 2.44. The molecule has 0 unspecified atom stereocenters. The standard InChI is InChI=1S/C13H15N5O2/c19-13(20)11-6-10-5-8(1-3-9(10)7-14-11)2-4-12-15-17-18-16-12/h1,3,5,11,14H,2,4,6-7H2,(H,19,20)(H,15,16,17,18)/t11-/m0/s1. The van der Waals surface area contributed by atoms with Crippen LogP contribution in [0.15, 0.2) is 18.2 Å². The average molecular weight is 273 g/mol. The molecule has 1 aliphatic heterocycles. The van der Waals surface area contributed by atoms with Crippen molar-refractivity contribution < 1.29 is 9.90 Å². The number of nitrogens with zero attached hydrogens (tertiary/aromatic N) is 3. The fourth-order valence-electron chi connectivity index (χ4n) is 2.44. The summed E-state index contributed by atoms with van der Waals surface area (Å²) in [6.45, 7) is 0.609. The van der Waals surface area contributed by atoms with Gasteiger partial charge < -0.3 is 10.4 Å². The molecule has 0 fully saturated rings. The number of aryl methyl sites for hydroxylation is 2. The first kappa shape index (κ1) is 12.7. The zero-order chi connectivity index (χ0) is 13.9. The van der Waals surface area contributed by atoms with E-state index in [-0.39, 0.29) is 0 Å². The van der Waals surface area contributed by atoms with E-state index in [1.54, 1.807) is 0 Å². The van der Waals surface area contributed by atoms with Crippen molar-refractivity contribution in [3.05, 3.63) is 40.7 Å². The van der Waals surface area contributed by atoms with Crippen LogP contribution in [0.25, 0.3) is 0 Å². The Kier molecular flexibility index (Phi) is 3.42. The van der Waals surface area contributed by atoms with Crippen LogP contribution in [0.2, 0.25) is 0 Å². The topological polar surface area (TPSA) is 104 Å². The van der Waals surface area contributed by atoms with Crippen LogP contribution in [-0.4, -0.2) is 37.7 Å². The number of H-pyrrole nitrogens is 1. The summed E-state index contributed by atoms with van der Waals surface area (Å²) >= 11 is 0. The molecule has 2 aromatic rings. The molecule has 104 valence electrons. The summed E-state index contributed by atoms with van der Waals surface area (Å²) in [5, 5.41) is 25.9. The quantitative estimate of drug-likeness (QED) is 0.729. The number of fused-ring (bicyclic) bond motifs is 1. The van der Waals surface area contributed by atoms with Gasteiger partial charge in [0, 0.05) is 13.0 Å². The van der Waals surface area contributed by atoms with E-state index in [9.17, 15) is 4.79 Å². The Morgan fingerprint density at radius 2 is 2.25 bits per heavy atom. The van der Waals surface area contributed by atoms with Gasteiger partial charge in [-0.2, -0.15) is 5.21 Å². The fraction of sp³-hybridized carbons (Fsp3) is 0.385. The van der Waals surface area contributed by atoms with E-state index in [0.29, 0.717) is 18.8 Å². The van der Waals surface area contributed by atoms with Crippen molar-refractivity contribution in [1.82, 2.24) is 25.9 Å². The molecule has 1 aromatic carbocycles. The first-order chi connectivity index (χ1) is 9.72. The lowest BCUT2D eigenvalue weighted by atomic mass is 9.93. The zero-order valence-corrected chi connectivity index (χ0v) is 10.8. The molecule has 20 heavy (non-hydrogen) atoms. The molecule has 0 saturated heterocycles. The minimum atomic E-state index is -0.798. The Bertz CT molecular complexity index is 611. The number of carboxylic acids is 1. The lowest BCUT2D eigenvalue weighted by molar-refractivity contribution is -0.139. The molecule has 0 spiro atoms. The van der Waals surface area contributed by atoms with E-state index in [1.165, 1.54) is 11.1 Å². The van der Waals surface area contributed by atoms with Crippen LogP contribution in [0, 0.1) is 0 Å². The minimum absolute atomic E-state index is 0.491. The maximum atomic E-state index is 11.0. The number of carbonyl (C=O) groups is 1. The van der Waals surface area contributed by atoms with Gasteiger partial charge in [0.15, 0.2) is 5.82 Å². The van der Waals surface area contributed by atoms with Crippen molar-refractivity contribution in [2.45, 2.75) is 31.8 Å². The molecule has 2 heterocycles. The second-order valence-corrected chi connectivity index (χ2v) is 4.91. The molecule has 1 aliphatic rings. The molecule has 7 nitrogen and oxygen atoms in total. The van der Waals surface area contributed by atoms with Crippen LogP contribution >= 0.6 is 0 Å². The maximum Gasteiger partial charge on any atom is 0.321 e. The summed E-state index contributed by atoms with van der Waals surface area (Å²) in [4.78, 5) is 11.0. The number of aromatic amines is 1. The Balaban J connectivity index is 1.72. The molecule has 3 N–H and O–H groups in total. The molecule has 0 saturated carbocycles. The Morgan fingerprint density at radius 3 is 3.00 bits per heavy atom. The lowest BCUT2D eigenvalue weighted by Gasteiger charge is -2.23. The van der Waals surface area contributed by atoms with Crippen molar-refractivity contribution in [1.29, 1.82) is 0 Å². The highest BCUT2D eigenvalue weighted by Gasteiger charge is 2.23. The second-order valence-electron chi connectivity index (χ2n) is 4.91. The van der Waals surface area contributed by atoms with Gasteiger partial charge in [0.05, 0.1) is 0 Å². The third-order valence-electron chi connectivity index (χ3n) is 3.56. The SMILES string of the molecule is O=C(O)[C@@H]1Cc2cc(CCc3nn[nH]n3)ccc2CN1. The van der Waals surface area contributed by atoms with Gasteiger partial charge in [0.25, 0.3) is 0 Å². The molecule has 7 heteroatoms. The van der Waals surface area contributed by atoms with E-state index in [1.807, 2.05) is 0 Å². The highest BCUT2D eigenvalue weighted by Crippen LogP contribution is 2.19. The van der Waals surface area contributed by atoms with Gasteiger partial charge in [-0.25, -0.2) is 0 Å². The maximum absolute atomic E-state index is 11.0. The van der Waals surface area contributed by atoms with Crippen LogP contribution in [0.3, 0.4) is 0 Å².